The molecule has 8 nitrogen and oxygen atoms in total. The molecule has 28 heavy (non-hydrogen) atoms. The van der Waals surface area contributed by atoms with Gasteiger partial charge in [-0.3, -0.25) is 4.90 Å². The molecule has 1 aromatic carbocycles. The number of amides is 1. The van der Waals surface area contributed by atoms with Crippen LogP contribution in [0.5, 0.6) is 5.75 Å². The fourth-order valence-electron chi connectivity index (χ4n) is 3.78. The van der Waals surface area contributed by atoms with Gasteiger partial charge in [0, 0.05) is 37.3 Å². The molecule has 1 saturated heterocycles. The minimum Gasteiger partial charge on any atom is -0.497 e. The molecule has 2 aromatic rings. The van der Waals surface area contributed by atoms with Crippen molar-refractivity contribution in [2.45, 2.75) is 18.9 Å². The van der Waals surface area contributed by atoms with Gasteiger partial charge in [0.2, 0.25) is 0 Å². The summed E-state index contributed by atoms with van der Waals surface area (Å²) in [6, 6.07) is 7.64. The predicted octanol–water partition coefficient (Wildman–Crippen LogP) is 1.97. The van der Waals surface area contributed by atoms with E-state index in [9.17, 15) is 9.59 Å². The second kappa shape index (κ2) is 8.88. The van der Waals surface area contributed by atoms with Crippen molar-refractivity contribution in [1.29, 1.82) is 0 Å². The summed E-state index contributed by atoms with van der Waals surface area (Å²) in [5.74, 6) is 1.97. The Hall–Kier alpha value is -2.87. The van der Waals surface area contributed by atoms with Crippen LogP contribution in [-0.4, -0.2) is 66.7 Å². The first-order valence-corrected chi connectivity index (χ1v) is 9.38. The average Bonchev–Trinajstić information content (AvgIpc) is 2.72. The summed E-state index contributed by atoms with van der Waals surface area (Å²) in [6.07, 6.45) is 2.98. The molecule has 1 amide bonds. The van der Waals surface area contributed by atoms with Gasteiger partial charge in [-0.15, -0.1) is 0 Å². The second-order valence-corrected chi connectivity index (χ2v) is 7.06. The van der Waals surface area contributed by atoms with E-state index in [0.717, 1.165) is 53.2 Å². The van der Waals surface area contributed by atoms with Gasteiger partial charge in [-0.2, -0.15) is 0 Å². The van der Waals surface area contributed by atoms with Gasteiger partial charge in [0.25, 0.3) is 0 Å². The van der Waals surface area contributed by atoms with Crippen LogP contribution in [0.25, 0.3) is 10.8 Å². The van der Waals surface area contributed by atoms with E-state index in [0.29, 0.717) is 6.29 Å². The van der Waals surface area contributed by atoms with Crippen molar-refractivity contribution in [2.24, 2.45) is 11.7 Å². The smallest absolute Gasteiger partial charge is 0.407 e. The van der Waals surface area contributed by atoms with Crippen molar-refractivity contribution in [2.75, 3.05) is 38.2 Å². The lowest BCUT2D eigenvalue weighted by Crippen LogP contribution is -2.48. The molecule has 1 fully saturated rings. The quantitative estimate of drug-likeness (QED) is 0.700. The number of ether oxygens (including phenoxy) is 1. The predicted molar refractivity (Wildman–Crippen MR) is 107 cm³/mol. The second-order valence-electron chi connectivity index (χ2n) is 7.06. The van der Waals surface area contributed by atoms with Crippen LogP contribution in [-0.2, 0) is 4.79 Å². The van der Waals surface area contributed by atoms with Crippen LogP contribution < -0.4 is 15.4 Å². The first-order valence-electron chi connectivity index (χ1n) is 9.38. The molecule has 0 aliphatic carbocycles. The lowest BCUT2D eigenvalue weighted by atomic mass is 9.89. The molecule has 0 radical (unpaired) electrons. The number of rotatable bonds is 7. The Bertz CT molecular complexity index is 836. The SMILES string of the molecule is COc1ccc2c(N3CCC(C(N)CN(CC=O)C(=O)O)CC3)nccc2c1. The number of methoxy groups -OCH3 is 1. The van der Waals surface area contributed by atoms with E-state index >= 15 is 0 Å². The number of fused-ring (bicyclic) bond motifs is 1. The van der Waals surface area contributed by atoms with Gasteiger partial charge >= 0.3 is 6.09 Å². The Labute approximate surface area is 163 Å². The maximum atomic E-state index is 11.2. The molecule has 3 rings (SSSR count). The van der Waals surface area contributed by atoms with E-state index in [2.05, 4.69) is 9.88 Å². The molecule has 1 aliphatic rings. The lowest BCUT2D eigenvalue weighted by molar-refractivity contribution is -0.108. The van der Waals surface area contributed by atoms with Crippen LogP contribution in [0.3, 0.4) is 0 Å². The van der Waals surface area contributed by atoms with Crippen LogP contribution in [0, 0.1) is 5.92 Å². The normalized spacial score (nSPS) is 16.0. The molecule has 0 spiro atoms. The van der Waals surface area contributed by atoms with Crippen molar-refractivity contribution < 1.29 is 19.4 Å². The van der Waals surface area contributed by atoms with E-state index in [4.69, 9.17) is 15.6 Å². The number of piperidine rings is 1. The van der Waals surface area contributed by atoms with E-state index in [1.165, 1.54) is 0 Å². The Morgan fingerprint density at radius 2 is 2.18 bits per heavy atom. The number of carbonyl (C=O) groups excluding carboxylic acids is 1. The average molecular weight is 386 g/mol. The van der Waals surface area contributed by atoms with Gasteiger partial charge in [0.1, 0.15) is 17.9 Å². The highest BCUT2D eigenvalue weighted by Crippen LogP contribution is 2.31. The fourth-order valence-corrected chi connectivity index (χ4v) is 3.78. The summed E-state index contributed by atoms with van der Waals surface area (Å²) < 4.78 is 5.30. The number of hydrogen-bond acceptors (Lipinski definition) is 6. The number of carbonyl (C=O) groups is 2. The number of aldehydes is 1. The molecule has 0 bridgehead atoms. The Morgan fingerprint density at radius 1 is 1.43 bits per heavy atom. The van der Waals surface area contributed by atoms with Crippen molar-refractivity contribution in [3.8, 4) is 5.75 Å². The van der Waals surface area contributed by atoms with Gasteiger partial charge in [-0.25, -0.2) is 9.78 Å². The zero-order valence-electron chi connectivity index (χ0n) is 16.0. The summed E-state index contributed by atoms with van der Waals surface area (Å²) in [7, 11) is 1.65. The summed E-state index contributed by atoms with van der Waals surface area (Å²) in [6.45, 7) is 1.63. The monoisotopic (exact) mass is 386 g/mol. The molecule has 1 atom stereocenters. The first-order chi connectivity index (χ1) is 13.5. The van der Waals surface area contributed by atoms with Crippen LogP contribution in [0.4, 0.5) is 10.6 Å². The third-order valence-corrected chi connectivity index (χ3v) is 5.39. The Balaban J connectivity index is 1.66. The third-order valence-electron chi connectivity index (χ3n) is 5.39. The highest BCUT2D eigenvalue weighted by atomic mass is 16.5. The summed E-state index contributed by atoms with van der Waals surface area (Å²) >= 11 is 0. The number of carboxylic acid groups (broad SMARTS) is 1. The molecule has 1 aliphatic heterocycles. The Morgan fingerprint density at radius 3 is 2.82 bits per heavy atom. The van der Waals surface area contributed by atoms with Gasteiger partial charge < -0.3 is 25.3 Å². The van der Waals surface area contributed by atoms with E-state index in [-0.39, 0.29) is 25.0 Å². The minimum absolute atomic E-state index is 0.148. The van der Waals surface area contributed by atoms with Crippen molar-refractivity contribution >= 4 is 29.0 Å². The molecule has 1 unspecified atom stereocenters. The number of nitrogens with zero attached hydrogens (tertiary/aromatic N) is 3. The minimum atomic E-state index is -1.12. The van der Waals surface area contributed by atoms with E-state index in [1.54, 1.807) is 13.3 Å². The van der Waals surface area contributed by atoms with Gasteiger partial charge in [-0.1, -0.05) is 0 Å². The van der Waals surface area contributed by atoms with Crippen molar-refractivity contribution in [3.63, 3.8) is 0 Å². The number of anilines is 1. The molecule has 2 heterocycles. The third kappa shape index (κ3) is 4.33. The number of hydrogen-bond donors (Lipinski definition) is 2. The summed E-state index contributed by atoms with van der Waals surface area (Å²) in [4.78, 5) is 29.8. The highest BCUT2D eigenvalue weighted by Gasteiger charge is 2.28. The standard InChI is InChI=1S/C20H26N4O4/c1-28-16-2-3-17-15(12-16)4-7-22-19(17)23-8-5-14(6-9-23)18(21)13-24(10-11-25)20(26)27/h2-4,7,11-12,14,18H,5-6,8-10,13,21H2,1H3,(H,26,27). The molecule has 150 valence electrons. The zero-order chi connectivity index (χ0) is 20.1. The molecule has 8 heteroatoms. The zero-order valence-corrected chi connectivity index (χ0v) is 16.0. The summed E-state index contributed by atoms with van der Waals surface area (Å²) in [5, 5.41) is 11.3. The Kier molecular flexibility index (Phi) is 6.30. The van der Waals surface area contributed by atoms with Gasteiger partial charge in [0.15, 0.2) is 0 Å². The molecule has 0 saturated carbocycles. The molecular weight excluding hydrogens is 360 g/mol. The lowest BCUT2D eigenvalue weighted by Gasteiger charge is -2.36. The molecular formula is C20H26N4O4. The number of aromatic nitrogens is 1. The van der Waals surface area contributed by atoms with Crippen molar-refractivity contribution in [3.05, 3.63) is 30.5 Å². The van der Waals surface area contributed by atoms with E-state index < -0.39 is 6.09 Å². The van der Waals surface area contributed by atoms with Crippen LogP contribution >= 0.6 is 0 Å². The van der Waals surface area contributed by atoms with Crippen molar-refractivity contribution in [1.82, 2.24) is 9.88 Å². The maximum Gasteiger partial charge on any atom is 0.407 e. The number of nitrogens with two attached hydrogens (primary N) is 1. The van der Waals surface area contributed by atoms with Crippen LogP contribution in [0.2, 0.25) is 0 Å². The van der Waals surface area contributed by atoms with Gasteiger partial charge in [0.05, 0.1) is 13.7 Å². The topological polar surface area (TPSA) is 109 Å². The molecule has 3 N–H and O–H groups in total. The largest absolute Gasteiger partial charge is 0.497 e. The van der Waals surface area contributed by atoms with Crippen LogP contribution in [0.1, 0.15) is 12.8 Å². The molecule has 1 aromatic heterocycles. The van der Waals surface area contributed by atoms with Crippen LogP contribution in [0.15, 0.2) is 30.5 Å². The van der Waals surface area contributed by atoms with Gasteiger partial charge in [-0.05, 0) is 48.4 Å². The summed E-state index contributed by atoms with van der Waals surface area (Å²) in [5.41, 5.74) is 6.26. The fraction of sp³-hybridized carbons (Fsp3) is 0.450. The number of benzene rings is 1. The van der Waals surface area contributed by atoms with E-state index in [1.807, 2.05) is 24.3 Å². The highest BCUT2D eigenvalue weighted by molar-refractivity contribution is 5.93. The first kappa shape index (κ1) is 19.9. The number of pyridine rings is 1. The maximum absolute atomic E-state index is 11.2.